The zero-order valence-corrected chi connectivity index (χ0v) is 17.5. The van der Waals surface area contributed by atoms with E-state index in [-0.39, 0.29) is 24.5 Å². The molecule has 0 aromatic heterocycles. The molecule has 0 saturated carbocycles. The summed E-state index contributed by atoms with van der Waals surface area (Å²) in [6.45, 7) is 4.55. The fraction of sp³-hybridized carbons (Fsp3) is 0.375. The number of carbonyl (C=O) groups is 3. The second-order valence-corrected chi connectivity index (χ2v) is 7.93. The zero-order valence-electron chi connectivity index (χ0n) is 17.5. The van der Waals surface area contributed by atoms with Crippen LogP contribution in [0.2, 0.25) is 0 Å². The summed E-state index contributed by atoms with van der Waals surface area (Å²) >= 11 is 0. The monoisotopic (exact) mass is 408 g/mol. The van der Waals surface area contributed by atoms with Crippen LogP contribution >= 0.6 is 0 Å². The SMILES string of the molecule is CC(C)C[C@@H](NC(=O)COC(=O)c1ccc(N2CCCC2=O)cc1)c1ccccc1. The molecule has 0 aliphatic carbocycles. The van der Waals surface area contributed by atoms with Gasteiger partial charge in [0.2, 0.25) is 5.91 Å². The highest BCUT2D eigenvalue weighted by Crippen LogP contribution is 2.22. The number of hydrogen-bond acceptors (Lipinski definition) is 4. The quantitative estimate of drug-likeness (QED) is 0.673. The molecule has 1 heterocycles. The number of benzene rings is 2. The predicted molar refractivity (Wildman–Crippen MR) is 115 cm³/mol. The standard InChI is InChI=1S/C24H28N2O4/c1-17(2)15-21(18-7-4-3-5-8-18)25-22(27)16-30-24(29)19-10-12-20(13-11-19)26-14-6-9-23(26)28/h3-5,7-8,10-13,17,21H,6,9,14-16H2,1-2H3,(H,25,27)/t21-/m1/s1. The molecule has 0 spiro atoms. The molecule has 6 nitrogen and oxygen atoms in total. The average Bonchev–Trinajstić information content (AvgIpc) is 3.18. The number of nitrogens with one attached hydrogen (secondary N) is 1. The number of hydrogen-bond donors (Lipinski definition) is 1. The Morgan fingerprint density at radius 2 is 1.77 bits per heavy atom. The van der Waals surface area contributed by atoms with Crippen molar-refractivity contribution < 1.29 is 19.1 Å². The molecule has 0 unspecified atom stereocenters. The van der Waals surface area contributed by atoms with Crippen molar-refractivity contribution in [1.29, 1.82) is 0 Å². The van der Waals surface area contributed by atoms with Crippen molar-refractivity contribution >= 4 is 23.5 Å². The van der Waals surface area contributed by atoms with Crippen LogP contribution in [0.15, 0.2) is 54.6 Å². The first-order valence-electron chi connectivity index (χ1n) is 10.4. The number of esters is 1. The van der Waals surface area contributed by atoms with Crippen molar-refractivity contribution in [3.05, 3.63) is 65.7 Å². The van der Waals surface area contributed by atoms with E-state index < -0.39 is 5.97 Å². The van der Waals surface area contributed by atoms with Gasteiger partial charge in [-0.2, -0.15) is 0 Å². The third-order valence-corrected chi connectivity index (χ3v) is 5.07. The topological polar surface area (TPSA) is 75.7 Å². The summed E-state index contributed by atoms with van der Waals surface area (Å²) in [5, 5.41) is 2.96. The zero-order chi connectivity index (χ0) is 21.5. The van der Waals surface area contributed by atoms with Crippen molar-refractivity contribution in [3.8, 4) is 0 Å². The first-order valence-corrected chi connectivity index (χ1v) is 10.4. The number of amides is 2. The summed E-state index contributed by atoms with van der Waals surface area (Å²) in [5.41, 5.74) is 2.14. The molecule has 30 heavy (non-hydrogen) atoms. The molecule has 158 valence electrons. The molecule has 1 atom stereocenters. The van der Waals surface area contributed by atoms with E-state index in [9.17, 15) is 14.4 Å². The second kappa shape index (κ2) is 10.1. The fourth-order valence-electron chi connectivity index (χ4n) is 3.58. The minimum absolute atomic E-state index is 0.0939. The van der Waals surface area contributed by atoms with Gasteiger partial charge in [0, 0.05) is 18.7 Å². The van der Waals surface area contributed by atoms with E-state index in [4.69, 9.17) is 4.74 Å². The summed E-state index contributed by atoms with van der Waals surface area (Å²) in [6, 6.07) is 16.3. The van der Waals surface area contributed by atoms with Gasteiger partial charge in [-0.3, -0.25) is 9.59 Å². The molecular weight excluding hydrogens is 380 g/mol. The van der Waals surface area contributed by atoms with E-state index in [0.717, 1.165) is 24.1 Å². The van der Waals surface area contributed by atoms with Crippen molar-refractivity contribution in [1.82, 2.24) is 5.32 Å². The summed E-state index contributed by atoms with van der Waals surface area (Å²) in [5.74, 6) is -0.405. The summed E-state index contributed by atoms with van der Waals surface area (Å²) in [6.07, 6.45) is 2.19. The van der Waals surface area contributed by atoms with Crippen LogP contribution in [0.3, 0.4) is 0 Å². The van der Waals surface area contributed by atoms with Crippen LogP contribution in [0.4, 0.5) is 5.69 Å². The number of anilines is 1. The largest absolute Gasteiger partial charge is 0.452 e. The van der Waals surface area contributed by atoms with Crippen LogP contribution in [-0.2, 0) is 14.3 Å². The number of nitrogens with zero attached hydrogens (tertiary/aromatic N) is 1. The Bertz CT molecular complexity index is 878. The van der Waals surface area contributed by atoms with Gasteiger partial charge in [0.05, 0.1) is 11.6 Å². The van der Waals surface area contributed by atoms with Crippen LogP contribution in [0.5, 0.6) is 0 Å². The van der Waals surface area contributed by atoms with E-state index in [2.05, 4.69) is 19.2 Å². The van der Waals surface area contributed by atoms with Gasteiger partial charge in [-0.25, -0.2) is 4.79 Å². The van der Waals surface area contributed by atoms with Crippen LogP contribution in [-0.4, -0.2) is 30.9 Å². The molecule has 0 radical (unpaired) electrons. The number of carbonyl (C=O) groups excluding carboxylic acids is 3. The average molecular weight is 408 g/mol. The fourth-order valence-corrected chi connectivity index (χ4v) is 3.58. The van der Waals surface area contributed by atoms with Gasteiger partial charge < -0.3 is 15.0 Å². The molecule has 2 aromatic carbocycles. The third kappa shape index (κ3) is 5.69. The lowest BCUT2D eigenvalue weighted by atomic mass is 9.97. The van der Waals surface area contributed by atoms with Gasteiger partial charge in [-0.05, 0) is 48.6 Å². The third-order valence-electron chi connectivity index (χ3n) is 5.07. The van der Waals surface area contributed by atoms with Crippen molar-refractivity contribution in [2.75, 3.05) is 18.1 Å². The predicted octanol–water partition coefficient (Wildman–Crippen LogP) is 3.87. The van der Waals surface area contributed by atoms with Crippen molar-refractivity contribution in [2.45, 2.75) is 39.2 Å². The lowest BCUT2D eigenvalue weighted by Crippen LogP contribution is -2.33. The Balaban J connectivity index is 1.54. The van der Waals surface area contributed by atoms with Gasteiger partial charge >= 0.3 is 5.97 Å². The van der Waals surface area contributed by atoms with Gasteiger partial charge in [0.1, 0.15) is 0 Å². The summed E-state index contributed by atoms with van der Waals surface area (Å²) < 4.78 is 5.19. The molecule has 1 fully saturated rings. The Hall–Kier alpha value is -3.15. The van der Waals surface area contributed by atoms with Crippen molar-refractivity contribution in [2.24, 2.45) is 5.92 Å². The molecule has 1 aliphatic heterocycles. The highest BCUT2D eigenvalue weighted by atomic mass is 16.5. The van der Waals surface area contributed by atoms with Crippen molar-refractivity contribution in [3.63, 3.8) is 0 Å². The van der Waals surface area contributed by atoms with Crippen LogP contribution in [0.25, 0.3) is 0 Å². The highest BCUT2D eigenvalue weighted by molar-refractivity contribution is 5.96. The maximum Gasteiger partial charge on any atom is 0.338 e. The van der Waals surface area contributed by atoms with E-state index in [0.29, 0.717) is 24.4 Å². The first-order chi connectivity index (χ1) is 14.4. The maximum absolute atomic E-state index is 12.4. The molecule has 6 heteroatoms. The van der Waals surface area contributed by atoms with E-state index in [1.807, 2.05) is 30.3 Å². The smallest absolute Gasteiger partial charge is 0.338 e. The molecule has 1 saturated heterocycles. The van der Waals surface area contributed by atoms with Gasteiger partial charge in [0.15, 0.2) is 6.61 Å². The minimum atomic E-state index is -0.565. The van der Waals surface area contributed by atoms with Gasteiger partial charge in [-0.1, -0.05) is 44.2 Å². The lowest BCUT2D eigenvalue weighted by Gasteiger charge is -2.21. The second-order valence-electron chi connectivity index (χ2n) is 7.93. The molecule has 2 aromatic rings. The Morgan fingerprint density at radius 3 is 2.37 bits per heavy atom. The highest BCUT2D eigenvalue weighted by Gasteiger charge is 2.22. The normalized spacial score (nSPS) is 14.6. The lowest BCUT2D eigenvalue weighted by molar-refractivity contribution is -0.125. The summed E-state index contributed by atoms with van der Waals surface area (Å²) in [7, 11) is 0. The molecule has 0 bridgehead atoms. The Labute approximate surface area is 177 Å². The molecule has 2 amide bonds. The van der Waals surface area contributed by atoms with Crippen LogP contribution < -0.4 is 10.2 Å². The first kappa shape index (κ1) is 21.6. The number of rotatable bonds is 8. The van der Waals surface area contributed by atoms with Gasteiger partial charge in [-0.15, -0.1) is 0 Å². The number of ether oxygens (including phenoxy) is 1. The van der Waals surface area contributed by atoms with Crippen LogP contribution in [0, 0.1) is 5.92 Å². The van der Waals surface area contributed by atoms with E-state index in [1.165, 1.54) is 0 Å². The van der Waals surface area contributed by atoms with E-state index >= 15 is 0 Å². The summed E-state index contributed by atoms with van der Waals surface area (Å²) in [4.78, 5) is 38.2. The maximum atomic E-state index is 12.4. The Morgan fingerprint density at radius 1 is 1.07 bits per heavy atom. The Kier molecular flexibility index (Phi) is 7.22. The van der Waals surface area contributed by atoms with Gasteiger partial charge in [0.25, 0.3) is 5.91 Å². The minimum Gasteiger partial charge on any atom is -0.452 e. The van der Waals surface area contributed by atoms with Crippen LogP contribution in [0.1, 0.15) is 55.1 Å². The molecule has 1 aliphatic rings. The molecule has 3 rings (SSSR count). The molecular formula is C24H28N2O4. The van der Waals surface area contributed by atoms with E-state index in [1.54, 1.807) is 29.2 Å². The molecule has 1 N–H and O–H groups in total.